The van der Waals surface area contributed by atoms with Crippen LogP contribution in [0, 0.1) is 18.6 Å². The summed E-state index contributed by atoms with van der Waals surface area (Å²) >= 11 is 0. The van der Waals surface area contributed by atoms with Crippen molar-refractivity contribution in [2.24, 2.45) is 0 Å². The molecule has 6 heteroatoms. The Kier molecular flexibility index (Phi) is 1.68. The molecule has 0 spiro atoms. The van der Waals surface area contributed by atoms with Gasteiger partial charge in [0.05, 0.1) is 10.9 Å². The molecule has 2 heterocycles. The molecule has 0 fully saturated rings. The standard InChI is InChI=1S/C10H6F2N4/c1-5-14-15-10-13-4-6-8(16(5)10)3-2-7(11)9(6)12/h2-4H,1H3. The lowest BCUT2D eigenvalue weighted by molar-refractivity contribution is 0.516. The molecule has 0 saturated heterocycles. The molecule has 3 aromatic rings. The minimum Gasteiger partial charge on any atom is -0.263 e. The summed E-state index contributed by atoms with van der Waals surface area (Å²) in [7, 11) is 0. The van der Waals surface area contributed by atoms with Gasteiger partial charge in [0.15, 0.2) is 11.6 Å². The predicted octanol–water partition coefficient (Wildman–Crippen LogP) is 1.86. The first-order chi connectivity index (χ1) is 7.68. The second kappa shape index (κ2) is 2.94. The minimum atomic E-state index is -0.903. The first kappa shape index (κ1) is 9.14. The highest BCUT2D eigenvalue weighted by atomic mass is 19.2. The van der Waals surface area contributed by atoms with E-state index in [0.29, 0.717) is 17.1 Å². The van der Waals surface area contributed by atoms with Crippen molar-refractivity contribution in [3.8, 4) is 0 Å². The number of aromatic nitrogens is 4. The fourth-order valence-corrected chi connectivity index (χ4v) is 1.71. The van der Waals surface area contributed by atoms with Crippen molar-refractivity contribution < 1.29 is 8.78 Å². The molecule has 0 bridgehead atoms. The van der Waals surface area contributed by atoms with Crippen molar-refractivity contribution in [1.82, 2.24) is 19.6 Å². The summed E-state index contributed by atoms with van der Waals surface area (Å²) in [5.41, 5.74) is 0.506. The molecule has 0 unspecified atom stereocenters. The van der Waals surface area contributed by atoms with Crippen LogP contribution < -0.4 is 0 Å². The summed E-state index contributed by atoms with van der Waals surface area (Å²) in [5, 5.41) is 7.76. The van der Waals surface area contributed by atoms with Crippen LogP contribution in [0.15, 0.2) is 18.3 Å². The molecule has 0 N–H and O–H groups in total. The summed E-state index contributed by atoms with van der Waals surface area (Å²) in [5.74, 6) is -0.838. The Balaban J connectivity index is 2.61. The van der Waals surface area contributed by atoms with E-state index in [4.69, 9.17) is 0 Å². The molecular formula is C10H6F2N4. The fourth-order valence-electron chi connectivity index (χ4n) is 1.71. The molecule has 3 rings (SSSR count). The summed E-state index contributed by atoms with van der Waals surface area (Å²) in [6, 6.07) is 2.56. The summed E-state index contributed by atoms with van der Waals surface area (Å²) < 4.78 is 28.1. The third-order valence-corrected chi connectivity index (χ3v) is 2.47. The van der Waals surface area contributed by atoms with Crippen LogP contribution in [0.1, 0.15) is 5.82 Å². The van der Waals surface area contributed by atoms with Crippen molar-refractivity contribution in [2.75, 3.05) is 0 Å². The summed E-state index contributed by atoms with van der Waals surface area (Å²) in [4.78, 5) is 3.91. The predicted molar refractivity (Wildman–Crippen MR) is 52.9 cm³/mol. The Bertz CT molecular complexity index is 705. The average Bonchev–Trinajstić information content (AvgIpc) is 2.66. The van der Waals surface area contributed by atoms with Gasteiger partial charge >= 0.3 is 0 Å². The van der Waals surface area contributed by atoms with Crippen molar-refractivity contribution in [1.29, 1.82) is 0 Å². The summed E-state index contributed by atoms with van der Waals surface area (Å²) in [6.07, 6.45) is 1.26. The van der Waals surface area contributed by atoms with Gasteiger partial charge in [0.25, 0.3) is 5.78 Å². The number of fused-ring (bicyclic) bond motifs is 3. The van der Waals surface area contributed by atoms with E-state index >= 15 is 0 Å². The van der Waals surface area contributed by atoms with Crippen LogP contribution in [-0.2, 0) is 0 Å². The zero-order chi connectivity index (χ0) is 11.3. The highest BCUT2D eigenvalue weighted by Crippen LogP contribution is 2.20. The Hall–Kier alpha value is -2.11. The zero-order valence-corrected chi connectivity index (χ0v) is 8.28. The van der Waals surface area contributed by atoms with Gasteiger partial charge in [-0.3, -0.25) is 4.40 Å². The zero-order valence-electron chi connectivity index (χ0n) is 8.28. The number of aryl methyl sites for hydroxylation is 1. The maximum Gasteiger partial charge on any atom is 0.255 e. The van der Waals surface area contributed by atoms with Gasteiger partial charge < -0.3 is 0 Å². The van der Waals surface area contributed by atoms with E-state index in [-0.39, 0.29) is 5.39 Å². The Labute approximate surface area is 88.6 Å². The maximum absolute atomic E-state index is 13.5. The van der Waals surface area contributed by atoms with Crippen LogP contribution >= 0.6 is 0 Å². The van der Waals surface area contributed by atoms with Crippen molar-refractivity contribution in [2.45, 2.75) is 6.92 Å². The highest BCUT2D eigenvalue weighted by molar-refractivity contribution is 5.80. The monoisotopic (exact) mass is 220 g/mol. The smallest absolute Gasteiger partial charge is 0.255 e. The molecular weight excluding hydrogens is 214 g/mol. The third-order valence-electron chi connectivity index (χ3n) is 2.47. The first-order valence-electron chi connectivity index (χ1n) is 4.63. The van der Waals surface area contributed by atoms with Gasteiger partial charge in [-0.1, -0.05) is 0 Å². The molecule has 0 saturated carbocycles. The molecule has 80 valence electrons. The molecule has 4 nitrogen and oxygen atoms in total. The average molecular weight is 220 g/mol. The lowest BCUT2D eigenvalue weighted by Crippen LogP contribution is -1.96. The molecule has 16 heavy (non-hydrogen) atoms. The molecule has 0 aliphatic heterocycles. The van der Waals surface area contributed by atoms with Crippen LogP contribution in [0.4, 0.5) is 8.78 Å². The molecule has 0 aliphatic rings. The van der Waals surface area contributed by atoms with E-state index in [1.165, 1.54) is 12.3 Å². The van der Waals surface area contributed by atoms with E-state index in [9.17, 15) is 8.78 Å². The molecule has 1 aromatic carbocycles. The van der Waals surface area contributed by atoms with Gasteiger partial charge in [-0.05, 0) is 19.1 Å². The van der Waals surface area contributed by atoms with Gasteiger partial charge in [0, 0.05) is 6.20 Å². The minimum absolute atomic E-state index is 0.121. The van der Waals surface area contributed by atoms with Crippen LogP contribution in [0.5, 0.6) is 0 Å². The molecule has 2 aromatic heterocycles. The van der Waals surface area contributed by atoms with Crippen molar-refractivity contribution >= 4 is 16.7 Å². The Morgan fingerprint density at radius 2 is 2.00 bits per heavy atom. The normalized spacial score (nSPS) is 11.4. The number of hydrogen-bond donors (Lipinski definition) is 0. The van der Waals surface area contributed by atoms with Crippen molar-refractivity contribution in [3.63, 3.8) is 0 Å². The number of hydrogen-bond acceptors (Lipinski definition) is 3. The van der Waals surface area contributed by atoms with Gasteiger partial charge in [-0.2, -0.15) is 0 Å². The Morgan fingerprint density at radius 3 is 2.81 bits per heavy atom. The number of benzene rings is 1. The SMILES string of the molecule is Cc1nnc2ncc3c(F)c(F)ccc3n12. The van der Waals surface area contributed by atoms with Gasteiger partial charge in [0.1, 0.15) is 5.82 Å². The fraction of sp³-hybridized carbons (Fsp3) is 0.100. The number of halogens is 2. The van der Waals surface area contributed by atoms with E-state index in [1.54, 1.807) is 11.3 Å². The Morgan fingerprint density at radius 1 is 1.19 bits per heavy atom. The van der Waals surface area contributed by atoms with E-state index in [1.807, 2.05) is 0 Å². The van der Waals surface area contributed by atoms with Crippen LogP contribution in [0.3, 0.4) is 0 Å². The summed E-state index contributed by atoms with van der Waals surface area (Å²) in [6.45, 7) is 1.72. The van der Waals surface area contributed by atoms with E-state index in [0.717, 1.165) is 6.07 Å². The quantitative estimate of drug-likeness (QED) is 0.580. The largest absolute Gasteiger partial charge is 0.263 e. The van der Waals surface area contributed by atoms with Crippen LogP contribution in [-0.4, -0.2) is 19.6 Å². The van der Waals surface area contributed by atoms with E-state index in [2.05, 4.69) is 15.2 Å². The lowest BCUT2D eigenvalue weighted by Gasteiger charge is -2.03. The van der Waals surface area contributed by atoms with Gasteiger partial charge in [0.2, 0.25) is 0 Å². The van der Waals surface area contributed by atoms with Gasteiger partial charge in [-0.25, -0.2) is 13.8 Å². The molecule has 0 atom stereocenters. The van der Waals surface area contributed by atoms with Crippen molar-refractivity contribution in [3.05, 3.63) is 35.8 Å². The lowest BCUT2D eigenvalue weighted by atomic mass is 10.2. The third kappa shape index (κ3) is 1.04. The topological polar surface area (TPSA) is 43.1 Å². The second-order valence-corrected chi connectivity index (χ2v) is 3.43. The van der Waals surface area contributed by atoms with E-state index < -0.39 is 11.6 Å². The van der Waals surface area contributed by atoms with Crippen LogP contribution in [0.2, 0.25) is 0 Å². The van der Waals surface area contributed by atoms with Gasteiger partial charge in [-0.15, -0.1) is 10.2 Å². The number of rotatable bonds is 0. The number of nitrogens with zero attached hydrogens (tertiary/aromatic N) is 4. The molecule has 0 aliphatic carbocycles. The van der Waals surface area contributed by atoms with Crippen LogP contribution in [0.25, 0.3) is 16.7 Å². The maximum atomic E-state index is 13.5. The molecule has 0 radical (unpaired) electrons. The first-order valence-corrected chi connectivity index (χ1v) is 4.63. The highest BCUT2D eigenvalue weighted by Gasteiger charge is 2.12. The molecule has 0 amide bonds. The second-order valence-electron chi connectivity index (χ2n) is 3.43.